The van der Waals surface area contributed by atoms with E-state index in [1.807, 2.05) is 0 Å². The van der Waals surface area contributed by atoms with E-state index in [1.165, 1.54) is 19.1 Å². The summed E-state index contributed by atoms with van der Waals surface area (Å²) in [5.74, 6) is -0.163. The second kappa shape index (κ2) is 8.00. The van der Waals surface area contributed by atoms with Gasteiger partial charge in [0.25, 0.3) is 5.91 Å². The van der Waals surface area contributed by atoms with Gasteiger partial charge in [0.2, 0.25) is 0 Å². The summed E-state index contributed by atoms with van der Waals surface area (Å²) in [4.78, 5) is 12.6. The van der Waals surface area contributed by atoms with Gasteiger partial charge in [-0.05, 0) is 49.6 Å². The molecule has 27 heavy (non-hydrogen) atoms. The first-order valence-corrected chi connectivity index (χ1v) is 8.67. The zero-order valence-corrected chi connectivity index (χ0v) is 14.8. The summed E-state index contributed by atoms with van der Waals surface area (Å²) in [6, 6.07) is 10.3. The largest absolute Gasteiger partial charge is 0.490 e. The third-order valence-electron chi connectivity index (χ3n) is 4.38. The Kier molecular flexibility index (Phi) is 5.70. The van der Waals surface area contributed by atoms with Crippen molar-refractivity contribution in [1.29, 1.82) is 0 Å². The quantitative estimate of drug-likeness (QED) is 0.810. The SMILES string of the molecule is Cc1ccc(NC(=O)c2ccccc2OC[C@@H]2CCCO2)cc1C(F)(F)F. The Bertz CT molecular complexity index is 814. The monoisotopic (exact) mass is 379 g/mol. The topological polar surface area (TPSA) is 47.6 Å². The van der Waals surface area contributed by atoms with E-state index in [1.54, 1.807) is 24.3 Å². The van der Waals surface area contributed by atoms with Crippen molar-refractivity contribution >= 4 is 11.6 Å². The van der Waals surface area contributed by atoms with E-state index in [4.69, 9.17) is 9.47 Å². The number of alkyl halides is 3. The van der Waals surface area contributed by atoms with Crippen LogP contribution in [0.15, 0.2) is 42.5 Å². The zero-order valence-electron chi connectivity index (χ0n) is 14.8. The van der Waals surface area contributed by atoms with Crippen LogP contribution < -0.4 is 10.1 Å². The van der Waals surface area contributed by atoms with Crippen LogP contribution in [0.5, 0.6) is 5.75 Å². The van der Waals surface area contributed by atoms with Gasteiger partial charge in [-0.1, -0.05) is 18.2 Å². The van der Waals surface area contributed by atoms with Crippen LogP contribution in [0.2, 0.25) is 0 Å². The minimum absolute atomic E-state index is 0.00689. The Hall–Kier alpha value is -2.54. The van der Waals surface area contributed by atoms with Crippen molar-refractivity contribution in [2.45, 2.75) is 32.0 Å². The molecule has 1 N–H and O–H groups in total. The number of halogens is 3. The maximum Gasteiger partial charge on any atom is 0.416 e. The number of nitrogens with one attached hydrogen (secondary N) is 1. The lowest BCUT2D eigenvalue weighted by atomic mass is 10.1. The van der Waals surface area contributed by atoms with Gasteiger partial charge >= 0.3 is 6.18 Å². The maximum atomic E-state index is 13.1. The van der Waals surface area contributed by atoms with Crippen molar-refractivity contribution < 1.29 is 27.4 Å². The minimum atomic E-state index is -4.48. The average Bonchev–Trinajstić information content (AvgIpc) is 3.14. The lowest BCUT2D eigenvalue weighted by Gasteiger charge is -2.15. The van der Waals surface area contributed by atoms with E-state index in [0.717, 1.165) is 18.9 Å². The molecule has 1 amide bonds. The Labute approximate surface area is 155 Å². The highest BCUT2D eigenvalue weighted by atomic mass is 19.4. The summed E-state index contributed by atoms with van der Waals surface area (Å²) >= 11 is 0. The number of aryl methyl sites for hydroxylation is 1. The first-order valence-electron chi connectivity index (χ1n) is 8.67. The van der Waals surface area contributed by atoms with Gasteiger partial charge in [-0.3, -0.25) is 4.79 Å². The molecule has 0 spiro atoms. The van der Waals surface area contributed by atoms with Crippen molar-refractivity contribution in [3.8, 4) is 5.75 Å². The van der Waals surface area contributed by atoms with Gasteiger partial charge in [0, 0.05) is 12.3 Å². The lowest BCUT2D eigenvalue weighted by Crippen LogP contribution is -2.19. The highest BCUT2D eigenvalue weighted by Gasteiger charge is 2.32. The summed E-state index contributed by atoms with van der Waals surface area (Å²) < 4.78 is 50.4. The van der Waals surface area contributed by atoms with E-state index >= 15 is 0 Å². The minimum Gasteiger partial charge on any atom is -0.490 e. The summed E-state index contributed by atoms with van der Waals surface area (Å²) in [6.07, 6.45) is -2.61. The fourth-order valence-electron chi connectivity index (χ4n) is 2.94. The molecule has 0 aliphatic carbocycles. The van der Waals surface area contributed by atoms with Crippen molar-refractivity contribution in [2.24, 2.45) is 0 Å². The van der Waals surface area contributed by atoms with Crippen LogP contribution in [0.1, 0.15) is 34.3 Å². The number of para-hydroxylation sites is 1. The highest BCUT2D eigenvalue weighted by Crippen LogP contribution is 2.33. The van der Waals surface area contributed by atoms with Crippen LogP contribution in [0, 0.1) is 6.92 Å². The van der Waals surface area contributed by atoms with Gasteiger partial charge in [0.15, 0.2) is 0 Å². The Balaban J connectivity index is 1.74. The van der Waals surface area contributed by atoms with Crippen LogP contribution in [0.4, 0.5) is 18.9 Å². The number of carbonyl (C=O) groups excluding carboxylic acids is 1. The normalized spacial score (nSPS) is 17.0. The second-order valence-electron chi connectivity index (χ2n) is 6.42. The second-order valence-corrected chi connectivity index (χ2v) is 6.42. The maximum absolute atomic E-state index is 13.1. The van der Waals surface area contributed by atoms with Crippen molar-refractivity contribution in [3.05, 3.63) is 59.2 Å². The molecule has 0 bridgehead atoms. The van der Waals surface area contributed by atoms with Crippen LogP contribution in [0.3, 0.4) is 0 Å². The Morgan fingerprint density at radius 3 is 2.74 bits per heavy atom. The molecule has 7 heteroatoms. The third kappa shape index (κ3) is 4.80. The number of ether oxygens (including phenoxy) is 2. The number of rotatable bonds is 5. The molecule has 2 aromatic rings. The molecule has 1 saturated heterocycles. The molecule has 1 atom stereocenters. The van der Waals surface area contributed by atoms with E-state index < -0.39 is 17.6 Å². The van der Waals surface area contributed by atoms with Crippen molar-refractivity contribution in [1.82, 2.24) is 0 Å². The molecule has 0 radical (unpaired) electrons. The molecule has 0 saturated carbocycles. The molecule has 1 heterocycles. The number of hydrogen-bond acceptors (Lipinski definition) is 3. The Morgan fingerprint density at radius 2 is 2.04 bits per heavy atom. The molecular weight excluding hydrogens is 359 g/mol. The number of benzene rings is 2. The average molecular weight is 379 g/mol. The molecule has 2 aromatic carbocycles. The van der Waals surface area contributed by atoms with Crippen molar-refractivity contribution in [3.63, 3.8) is 0 Å². The molecule has 0 aromatic heterocycles. The van der Waals surface area contributed by atoms with Crippen LogP contribution >= 0.6 is 0 Å². The lowest BCUT2D eigenvalue weighted by molar-refractivity contribution is -0.138. The molecule has 0 unspecified atom stereocenters. The molecule has 1 aliphatic rings. The summed E-state index contributed by atoms with van der Waals surface area (Å²) in [6.45, 7) is 2.40. The number of hydrogen-bond donors (Lipinski definition) is 1. The zero-order chi connectivity index (χ0) is 19.4. The fourth-order valence-corrected chi connectivity index (χ4v) is 2.94. The highest BCUT2D eigenvalue weighted by molar-refractivity contribution is 6.06. The van der Waals surface area contributed by atoms with E-state index in [0.29, 0.717) is 19.0 Å². The number of amides is 1. The van der Waals surface area contributed by atoms with Gasteiger partial charge in [-0.2, -0.15) is 13.2 Å². The molecule has 3 rings (SSSR count). The number of carbonyl (C=O) groups is 1. The van der Waals surface area contributed by atoms with Crippen molar-refractivity contribution in [2.75, 3.05) is 18.5 Å². The smallest absolute Gasteiger partial charge is 0.416 e. The number of anilines is 1. The van der Waals surface area contributed by atoms with Gasteiger partial charge in [-0.15, -0.1) is 0 Å². The fraction of sp³-hybridized carbons (Fsp3) is 0.350. The summed E-state index contributed by atoms with van der Waals surface area (Å²) in [5.41, 5.74) is -0.347. The third-order valence-corrected chi connectivity index (χ3v) is 4.38. The summed E-state index contributed by atoms with van der Waals surface area (Å²) in [7, 11) is 0. The van der Waals surface area contributed by atoms with E-state index in [-0.39, 0.29) is 22.9 Å². The van der Waals surface area contributed by atoms with Crippen LogP contribution in [-0.4, -0.2) is 25.2 Å². The van der Waals surface area contributed by atoms with Gasteiger partial charge in [0.05, 0.1) is 17.2 Å². The first kappa shape index (κ1) is 19.2. The van der Waals surface area contributed by atoms with Gasteiger partial charge < -0.3 is 14.8 Å². The molecular formula is C20H20F3NO3. The predicted molar refractivity (Wildman–Crippen MR) is 95.0 cm³/mol. The molecule has 1 fully saturated rings. The van der Waals surface area contributed by atoms with Crippen LogP contribution in [-0.2, 0) is 10.9 Å². The first-order chi connectivity index (χ1) is 12.8. The standard InChI is InChI=1S/C20H20F3NO3/c1-13-8-9-14(11-17(13)20(21,22)23)24-19(25)16-6-2-3-7-18(16)27-12-15-5-4-10-26-15/h2-3,6-9,11,15H,4-5,10,12H2,1H3,(H,24,25)/t15-/m0/s1. The van der Waals surface area contributed by atoms with E-state index in [9.17, 15) is 18.0 Å². The molecule has 1 aliphatic heterocycles. The predicted octanol–water partition coefficient (Wildman–Crippen LogP) is 4.82. The van der Waals surface area contributed by atoms with Gasteiger partial charge in [0.1, 0.15) is 12.4 Å². The van der Waals surface area contributed by atoms with Gasteiger partial charge in [-0.25, -0.2) is 0 Å². The molecule has 144 valence electrons. The van der Waals surface area contributed by atoms with Crippen LogP contribution in [0.25, 0.3) is 0 Å². The Morgan fingerprint density at radius 1 is 1.26 bits per heavy atom. The molecule has 4 nitrogen and oxygen atoms in total. The summed E-state index contributed by atoms with van der Waals surface area (Å²) in [5, 5.41) is 2.52. The van der Waals surface area contributed by atoms with E-state index in [2.05, 4.69) is 5.32 Å².